The van der Waals surface area contributed by atoms with Gasteiger partial charge < -0.3 is 0 Å². The van der Waals surface area contributed by atoms with Crippen molar-refractivity contribution in [1.29, 1.82) is 0 Å². The Morgan fingerprint density at radius 1 is 1.47 bits per heavy atom. The fourth-order valence-corrected chi connectivity index (χ4v) is 1.44. The summed E-state index contributed by atoms with van der Waals surface area (Å²) in [4.78, 5) is 10.3. The third-order valence-electron chi connectivity index (χ3n) is 2.28. The fraction of sp³-hybridized carbons (Fsp3) is 0.200. The Hall–Kier alpha value is -2.04. The molecule has 0 spiro atoms. The quantitative estimate of drug-likeness (QED) is 0.545. The molecule has 2 rings (SSSR count). The molecule has 0 bridgehead atoms. The van der Waals surface area contributed by atoms with Crippen molar-refractivity contribution in [2.45, 2.75) is 13.3 Å². The molecule has 15 heavy (non-hydrogen) atoms. The molecule has 0 atom stereocenters. The van der Waals surface area contributed by atoms with E-state index in [-0.39, 0.29) is 10.6 Å². The average molecular weight is 203 g/mol. The first-order chi connectivity index (χ1) is 7.18. The van der Waals surface area contributed by atoms with Crippen LogP contribution in [0.25, 0.3) is 0 Å². The van der Waals surface area contributed by atoms with Gasteiger partial charge in [-0.1, -0.05) is 12.1 Å². The largest absolute Gasteiger partial charge is 0.272 e. The number of benzene rings is 1. The Morgan fingerprint density at radius 2 is 2.27 bits per heavy atom. The highest BCUT2D eigenvalue weighted by Crippen LogP contribution is 2.21. The minimum absolute atomic E-state index is 0.127. The predicted molar refractivity (Wildman–Crippen MR) is 57.5 cm³/mol. The van der Waals surface area contributed by atoms with E-state index in [1.54, 1.807) is 25.3 Å². The lowest BCUT2D eigenvalue weighted by Gasteiger charge is -2.01. The monoisotopic (exact) mass is 203 g/mol. The van der Waals surface area contributed by atoms with E-state index in [0.29, 0.717) is 12.0 Å². The summed E-state index contributed by atoms with van der Waals surface area (Å²) >= 11 is 0. The number of hydrogen-bond acceptors (Lipinski definition) is 4. The van der Waals surface area contributed by atoms with Crippen LogP contribution in [0.15, 0.2) is 28.4 Å². The van der Waals surface area contributed by atoms with Gasteiger partial charge in [-0.25, -0.2) is 0 Å². The van der Waals surface area contributed by atoms with Gasteiger partial charge in [-0.3, -0.25) is 10.1 Å². The van der Waals surface area contributed by atoms with Crippen LogP contribution in [0.2, 0.25) is 0 Å². The van der Waals surface area contributed by atoms with E-state index in [2.05, 4.69) is 10.2 Å². The van der Waals surface area contributed by atoms with E-state index < -0.39 is 0 Å². The van der Waals surface area contributed by atoms with Crippen molar-refractivity contribution in [3.63, 3.8) is 0 Å². The van der Waals surface area contributed by atoms with Gasteiger partial charge in [0.15, 0.2) is 0 Å². The van der Waals surface area contributed by atoms with Gasteiger partial charge in [-0.15, -0.1) is 0 Å². The first-order valence-corrected chi connectivity index (χ1v) is 4.52. The molecule has 1 aliphatic rings. The van der Waals surface area contributed by atoms with Crippen LogP contribution in [0.4, 0.5) is 5.69 Å². The predicted octanol–water partition coefficient (Wildman–Crippen LogP) is 2.08. The molecule has 0 aromatic heterocycles. The normalized spacial score (nSPS) is 14.1. The zero-order chi connectivity index (χ0) is 10.8. The Morgan fingerprint density at radius 3 is 2.87 bits per heavy atom. The van der Waals surface area contributed by atoms with Crippen LogP contribution in [-0.4, -0.2) is 16.8 Å². The van der Waals surface area contributed by atoms with Crippen LogP contribution < -0.4 is 0 Å². The molecule has 0 saturated heterocycles. The molecular formula is C10H9N3O2. The molecule has 0 amide bonds. The number of nitro groups is 1. The number of aryl methyl sites for hydroxylation is 1. The molecule has 76 valence electrons. The maximum absolute atomic E-state index is 10.7. The molecule has 5 nitrogen and oxygen atoms in total. The lowest BCUT2D eigenvalue weighted by atomic mass is 10.0. The molecule has 1 aromatic rings. The summed E-state index contributed by atoms with van der Waals surface area (Å²) in [6, 6.07) is 5.10. The van der Waals surface area contributed by atoms with Gasteiger partial charge in [0.05, 0.1) is 10.6 Å². The van der Waals surface area contributed by atoms with Crippen molar-refractivity contribution >= 4 is 17.6 Å². The zero-order valence-electron chi connectivity index (χ0n) is 8.17. The van der Waals surface area contributed by atoms with E-state index in [4.69, 9.17) is 0 Å². The summed E-state index contributed by atoms with van der Waals surface area (Å²) in [5.74, 6) is 0. The maximum Gasteiger partial charge on any atom is 0.272 e. The van der Waals surface area contributed by atoms with Crippen LogP contribution in [0.1, 0.15) is 17.5 Å². The zero-order valence-corrected chi connectivity index (χ0v) is 8.17. The van der Waals surface area contributed by atoms with E-state index in [0.717, 1.165) is 11.3 Å². The maximum atomic E-state index is 10.7. The van der Waals surface area contributed by atoms with E-state index in [1.165, 1.54) is 0 Å². The molecule has 0 saturated carbocycles. The second-order valence-corrected chi connectivity index (χ2v) is 3.31. The van der Waals surface area contributed by atoms with Crippen LogP contribution in [0.5, 0.6) is 0 Å². The highest BCUT2D eigenvalue weighted by atomic mass is 16.6. The molecule has 5 heteroatoms. The highest BCUT2D eigenvalue weighted by Gasteiger charge is 2.14. The summed E-state index contributed by atoms with van der Waals surface area (Å²) in [7, 11) is 0. The third kappa shape index (κ3) is 1.76. The Kier molecular flexibility index (Phi) is 2.29. The molecule has 0 N–H and O–H groups in total. The van der Waals surface area contributed by atoms with Gasteiger partial charge in [0.25, 0.3) is 5.69 Å². The minimum atomic E-state index is -0.380. The Balaban J connectivity index is 2.43. The molecular weight excluding hydrogens is 194 g/mol. The highest BCUT2D eigenvalue weighted by molar-refractivity contribution is 6.09. The Bertz CT molecular complexity index is 478. The van der Waals surface area contributed by atoms with Crippen LogP contribution >= 0.6 is 0 Å². The molecule has 1 heterocycles. The molecule has 0 fully saturated rings. The van der Waals surface area contributed by atoms with Crippen LogP contribution in [-0.2, 0) is 0 Å². The van der Waals surface area contributed by atoms with Crippen molar-refractivity contribution in [1.82, 2.24) is 0 Å². The SMILES string of the molecule is Cc1ccc(C2=NN=CC2)cc1[N+](=O)[O-]. The Labute approximate surface area is 86.3 Å². The van der Waals surface area contributed by atoms with E-state index in [1.807, 2.05) is 6.07 Å². The van der Waals surface area contributed by atoms with Gasteiger partial charge in [-0.05, 0) is 6.92 Å². The second kappa shape index (κ2) is 3.61. The average Bonchev–Trinajstić information content (AvgIpc) is 2.71. The van der Waals surface area contributed by atoms with Gasteiger partial charge in [0, 0.05) is 29.8 Å². The summed E-state index contributed by atoms with van der Waals surface area (Å²) in [6.07, 6.45) is 2.32. The molecule has 0 radical (unpaired) electrons. The van der Waals surface area contributed by atoms with Crippen molar-refractivity contribution in [3.8, 4) is 0 Å². The topological polar surface area (TPSA) is 67.9 Å². The van der Waals surface area contributed by atoms with Gasteiger partial charge in [0.1, 0.15) is 0 Å². The second-order valence-electron chi connectivity index (χ2n) is 3.31. The standard InChI is InChI=1S/C10H9N3O2/c1-7-2-3-8(6-10(7)13(14)15)9-4-5-11-12-9/h2-3,5-6H,4H2,1H3. The fourth-order valence-electron chi connectivity index (χ4n) is 1.44. The van der Waals surface area contributed by atoms with Gasteiger partial charge >= 0.3 is 0 Å². The van der Waals surface area contributed by atoms with E-state index in [9.17, 15) is 10.1 Å². The minimum Gasteiger partial charge on any atom is -0.258 e. The first-order valence-electron chi connectivity index (χ1n) is 4.52. The third-order valence-corrected chi connectivity index (χ3v) is 2.28. The number of hydrogen-bond donors (Lipinski definition) is 0. The number of nitrogens with zero attached hydrogens (tertiary/aromatic N) is 3. The number of nitro benzene ring substituents is 1. The van der Waals surface area contributed by atoms with Crippen LogP contribution in [0.3, 0.4) is 0 Å². The molecule has 0 unspecified atom stereocenters. The van der Waals surface area contributed by atoms with Crippen molar-refractivity contribution in [2.24, 2.45) is 10.2 Å². The first kappa shape index (κ1) is 9.51. The van der Waals surface area contributed by atoms with E-state index >= 15 is 0 Å². The van der Waals surface area contributed by atoms with Crippen LogP contribution in [0, 0.1) is 17.0 Å². The summed E-state index contributed by atoms with van der Waals surface area (Å²) in [6.45, 7) is 1.72. The molecule has 1 aliphatic heterocycles. The number of rotatable bonds is 2. The smallest absolute Gasteiger partial charge is 0.258 e. The summed E-state index contributed by atoms with van der Waals surface area (Å²) in [5, 5.41) is 18.4. The molecule has 0 aliphatic carbocycles. The van der Waals surface area contributed by atoms with Gasteiger partial charge in [-0.2, -0.15) is 10.2 Å². The summed E-state index contributed by atoms with van der Waals surface area (Å²) in [5.41, 5.74) is 2.33. The van der Waals surface area contributed by atoms with Crippen molar-refractivity contribution in [2.75, 3.05) is 0 Å². The van der Waals surface area contributed by atoms with Crippen molar-refractivity contribution < 1.29 is 4.92 Å². The lowest BCUT2D eigenvalue weighted by Crippen LogP contribution is -2.00. The van der Waals surface area contributed by atoms with Gasteiger partial charge in [0.2, 0.25) is 0 Å². The van der Waals surface area contributed by atoms with Crippen molar-refractivity contribution in [3.05, 3.63) is 39.4 Å². The summed E-state index contributed by atoms with van der Waals surface area (Å²) < 4.78 is 0. The molecule has 1 aromatic carbocycles. The lowest BCUT2D eigenvalue weighted by molar-refractivity contribution is -0.385.